The number of thioether (sulfide) groups is 1. The second-order valence-corrected chi connectivity index (χ2v) is 9.70. The van der Waals surface area contributed by atoms with Crippen LogP contribution in [0.15, 0.2) is 9.70 Å². The molecule has 2 saturated heterocycles. The van der Waals surface area contributed by atoms with Crippen molar-refractivity contribution in [3.8, 4) is 6.07 Å². The molecule has 1 N–H and O–H groups in total. The summed E-state index contributed by atoms with van der Waals surface area (Å²) >= 11 is 6.52. The number of carboxylic acids is 1. The summed E-state index contributed by atoms with van der Waals surface area (Å²) in [6.45, 7) is 7.34. The van der Waals surface area contributed by atoms with Crippen molar-refractivity contribution in [1.82, 2.24) is 14.4 Å². The molecule has 2 aliphatic rings. The predicted molar refractivity (Wildman–Crippen MR) is 132 cm³/mol. The molecule has 176 valence electrons. The first-order chi connectivity index (χ1) is 15.7. The smallest absolute Gasteiger partial charge is 0.303 e. The minimum Gasteiger partial charge on any atom is -0.481 e. The minimum absolute atomic E-state index is 0.0459. The number of pyridine rings is 1. The van der Waals surface area contributed by atoms with Gasteiger partial charge in [-0.25, -0.2) is 0 Å². The van der Waals surface area contributed by atoms with Gasteiger partial charge < -0.3 is 14.9 Å². The van der Waals surface area contributed by atoms with Crippen LogP contribution < -0.4 is 10.5 Å². The second-order valence-electron chi connectivity index (χ2n) is 8.02. The Kier molecular flexibility index (Phi) is 7.94. The number of anilines is 1. The zero-order valence-corrected chi connectivity index (χ0v) is 20.6. The molecule has 0 aromatic carbocycles. The van der Waals surface area contributed by atoms with Gasteiger partial charge >= 0.3 is 5.97 Å². The molecule has 0 spiro atoms. The monoisotopic (exact) mass is 489 g/mol. The standard InChI is InChI=1S/C22H27N5O4S2/c1-4-26-19(25-10-8-24(3)9-11-25)15(14(2)16(13-23)20(26)30)12-17-21(31)27(22(32)33-17)7-5-6-18(28)29/h12H,4-11H2,1-3H3,(H,28,29). The number of aromatic nitrogens is 1. The van der Waals surface area contributed by atoms with Crippen molar-refractivity contribution in [2.24, 2.45) is 0 Å². The highest BCUT2D eigenvalue weighted by Gasteiger charge is 2.33. The molecule has 9 nitrogen and oxygen atoms in total. The molecule has 11 heteroatoms. The largest absolute Gasteiger partial charge is 0.481 e. The lowest BCUT2D eigenvalue weighted by Crippen LogP contribution is -2.47. The second kappa shape index (κ2) is 10.5. The van der Waals surface area contributed by atoms with E-state index in [4.69, 9.17) is 17.3 Å². The van der Waals surface area contributed by atoms with Crippen LogP contribution in [-0.2, 0) is 16.1 Å². The average Bonchev–Trinajstić information content (AvgIpc) is 3.03. The van der Waals surface area contributed by atoms with E-state index in [-0.39, 0.29) is 30.0 Å². The molecule has 0 bridgehead atoms. The molecule has 2 fully saturated rings. The van der Waals surface area contributed by atoms with Gasteiger partial charge in [0.2, 0.25) is 0 Å². The number of nitrogens with zero attached hydrogens (tertiary/aromatic N) is 5. The summed E-state index contributed by atoms with van der Waals surface area (Å²) < 4.78 is 1.98. The Hall–Kier alpha value is -2.68. The lowest BCUT2D eigenvalue weighted by molar-refractivity contribution is -0.137. The minimum atomic E-state index is -0.922. The summed E-state index contributed by atoms with van der Waals surface area (Å²) in [4.78, 5) is 43.1. The Balaban J connectivity index is 2.08. The van der Waals surface area contributed by atoms with E-state index in [1.165, 1.54) is 4.90 Å². The van der Waals surface area contributed by atoms with Crippen molar-refractivity contribution in [3.05, 3.63) is 31.9 Å². The maximum Gasteiger partial charge on any atom is 0.303 e. The number of thiocarbonyl (C=S) groups is 1. The number of piperazine rings is 1. The molecule has 0 radical (unpaired) electrons. The van der Waals surface area contributed by atoms with E-state index in [9.17, 15) is 19.6 Å². The van der Waals surface area contributed by atoms with E-state index in [1.54, 1.807) is 17.6 Å². The van der Waals surface area contributed by atoms with Crippen LogP contribution in [0.1, 0.15) is 36.5 Å². The number of hydrogen-bond donors (Lipinski definition) is 1. The van der Waals surface area contributed by atoms with Crippen molar-refractivity contribution >= 4 is 52.1 Å². The van der Waals surface area contributed by atoms with Crippen LogP contribution in [0.2, 0.25) is 0 Å². The fraction of sp³-hybridized carbons (Fsp3) is 0.500. The molecule has 3 heterocycles. The summed E-state index contributed by atoms with van der Waals surface area (Å²) in [7, 11) is 2.05. The van der Waals surface area contributed by atoms with Crippen LogP contribution in [-0.4, -0.2) is 75.4 Å². The van der Waals surface area contributed by atoms with Crippen LogP contribution in [0.3, 0.4) is 0 Å². The fourth-order valence-electron chi connectivity index (χ4n) is 4.01. The van der Waals surface area contributed by atoms with Gasteiger partial charge in [0.1, 0.15) is 21.8 Å². The molecule has 1 amide bonds. The maximum atomic E-state index is 13.1. The number of aliphatic carboxylic acids is 1. The van der Waals surface area contributed by atoms with Crippen molar-refractivity contribution in [2.75, 3.05) is 44.7 Å². The number of hydrogen-bond acceptors (Lipinski definition) is 8. The van der Waals surface area contributed by atoms with E-state index in [0.717, 1.165) is 37.9 Å². The Morgan fingerprint density at radius 2 is 1.94 bits per heavy atom. The molecular formula is C22H27N5O4S2. The first-order valence-corrected chi connectivity index (χ1v) is 12.0. The number of rotatable bonds is 7. The summed E-state index contributed by atoms with van der Waals surface area (Å²) in [5.74, 6) is -0.496. The highest BCUT2D eigenvalue weighted by molar-refractivity contribution is 8.26. The number of nitriles is 1. The van der Waals surface area contributed by atoms with Gasteiger partial charge in [-0.3, -0.25) is 23.9 Å². The van der Waals surface area contributed by atoms with Crippen molar-refractivity contribution in [1.29, 1.82) is 5.26 Å². The average molecular weight is 490 g/mol. The topological polar surface area (TPSA) is 110 Å². The first kappa shape index (κ1) is 25.0. The molecule has 0 unspecified atom stereocenters. The fourth-order valence-corrected chi connectivity index (χ4v) is 5.30. The molecule has 1 aromatic rings. The molecule has 1 aromatic heterocycles. The molecule has 0 atom stereocenters. The molecule has 0 saturated carbocycles. The summed E-state index contributed by atoms with van der Waals surface area (Å²) in [6, 6.07) is 2.04. The van der Waals surface area contributed by atoms with Gasteiger partial charge in [0, 0.05) is 51.3 Å². The number of carbonyl (C=O) groups excluding carboxylic acids is 1. The number of carbonyl (C=O) groups is 2. The molecular weight excluding hydrogens is 462 g/mol. The van der Waals surface area contributed by atoms with E-state index in [0.29, 0.717) is 39.1 Å². The Morgan fingerprint density at radius 1 is 1.27 bits per heavy atom. The highest BCUT2D eigenvalue weighted by Crippen LogP contribution is 2.36. The summed E-state index contributed by atoms with van der Waals surface area (Å²) in [5, 5.41) is 18.5. The van der Waals surface area contributed by atoms with Crippen LogP contribution >= 0.6 is 24.0 Å². The third-order valence-electron chi connectivity index (χ3n) is 5.89. The van der Waals surface area contributed by atoms with Crippen molar-refractivity contribution in [3.63, 3.8) is 0 Å². The van der Waals surface area contributed by atoms with Gasteiger partial charge in [-0.2, -0.15) is 5.26 Å². The van der Waals surface area contributed by atoms with Crippen LogP contribution in [0.4, 0.5) is 5.82 Å². The van der Waals surface area contributed by atoms with Gasteiger partial charge in [0.05, 0.1) is 4.91 Å². The van der Waals surface area contributed by atoms with E-state index in [1.807, 2.05) is 20.0 Å². The Labute approximate surface area is 202 Å². The quantitative estimate of drug-likeness (QED) is 0.453. The Bertz CT molecular complexity index is 1110. The SMILES string of the molecule is CCn1c(N2CCN(C)CC2)c(C=C2SC(=S)N(CCCC(=O)O)C2=O)c(C)c(C#N)c1=O. The van der Waals surface area contributed by atoms with Gasteiger partial charge in [0.15, 0.2) is 0 Å². The maximum absolute atomic E-state index is 13.1. The lowest BCUT2D eigenvalue weighted by atomic mass is 10.0. The van der Waals surface area contributed by atoms with Gasteiger partial charge in [0.25, 0.3) is 11.5 Å². The van der Waals surface area contributed by atoms with Crippen LogP contribution in [0, 0.1) is 18.3 Å². The van der Waals surface area contributed by atoms with Gasteiger partial charge in [-0.1, -0.05) is 24.0 Å². The normalized spacial score (nSPS) is 18.3. The number of likely N-dealkylation sites (N-methyl/N-ethyl adjacent to an activating group) is 1. The molecule has 33 heavy (non-hydrogen) atoms. The van der Waals surface area contributed by atoms with E-state index < -0.39 is 5.97 Å². The molecule has 0 aliphatic carbocycles. The molecule has 3 rings (SSSR count). The predicted octanol–water partition coefficient (Wildman–Crippen LogP) is 1.87. The number of amides is 1. The lowest BCUT2D eigenvalue weighted by Gasteiger charge is -2.36. The van der Waals surface area contributed by atoms with Crippen molar-refractivity contribution < 1.29 is 14.7 Å². The third kappa shape index (κ3) is 5.13. The summed E-state index contributed by atoms with van der Waals surface area (Å²) in [6.07, 6.45) is 1.99. The number of carboxylic acid groups (broad SMARTS) is 1. The zero-order chi connectivity index (χ0) is 24.3. The summed E-state index contributed by atoms with van der Waals surface area (Å²) in [5.41, 5.74) is 0.948. The Morgan fingerprint density at radius 3 is 2.52 bits per heavy atom. The van der Waals surface area contributed by atoms with Crippen LogP contribution in [0.25, 0.3) is 6.08 Å². The first-order valence-electron chi connectivity index (χ1n) is 10.8. The van der Waals surface area contributed by atoms with Gasteiger partial charge in [-0.15, -0.1) is 0 Å². The van der Waals surface area contributed by atoms with E-state index >= 15 is 0 Å². The van der Waals surface area contributed by atoms with Crippen molar-refractivity contribution in [2.45, 2.75) is 33.2 Å². The third-order valence-corrected chi connectivity index (χ3v) is 7.26. The molecule has 2 aliphatic heterocycles. The van der Waals surface area contributed by atoms with E-state index in [2.05, 4.69) is 9.80 Å². The zero-order valence-electron chi connectivity index (χ0n) is 19.0. The van der Waals surface area contributed by atoms with Gasteiger partial charge in [-0.05, 0) is 39.0 Å². The highest BCUT2D eigenvalue weighted by atomic mass is 32.2. The van der Waals surface area contributed by atoms with Crippen LogP contribution in [0.5, 0.6) is 0 Å².